The Morgan fingerprint density at radius 3 is 1.96 bits per heavy atom. The number of hydrogen-bond acceptors (Lipinski definition) is 2. The monoisotopic (exact) mass is 473 g/mol. The van der Waals surface area contributed by atoms with Gasteiger partial charge in [0.15, 0.2) is 0 Å². The van der Waals surface area contributed by atoms with Crippen molar-refractivity contribution < 1.29 is 0 Å². The quantitative estimate of drug-likeness (QED) is 0.364. The summed E-state index contributed by atoms with van der Waals surface area (Å²) in [5.74, 6) is 0. The van der Waals surface area contributed by atoms with Crippen LogP contribution in [0, 0.1) is 11.3 Å². The fourth-order valence-corrected chi connectivity index (χ4v) is 20.4. The van der Waals surface area contributed by atoms with Crippen LogP contribution in [0.1, 0.15) is 70.4 Å². The third-order valence-corrected chi connectivity index (χ3v) is 21.2. The van der Waals surface area contributed by atoms with Gasteiger partial charge in [0, 0.05) is 0 Å². The number of hydrogen-bond donors (Lipinski definition) is 0. The van der Waals surface area contributed by atoms with Crippen LogP contribution in [-0.4, -0.2) is 27.9 Å². The van der Waals surface area contributed by atoms with Crippen LogP contribution in [-0.2, 0) is 6.54 Å². The molecule has 0 saturated carbocycles. The zero-order chi connectivity index (χ0) is 19.5. The van der Waals surface area contributed by atoms with Gasteiger partial charge < -0.3 is 0 Å². The van der Waals surface area contributed by atoms with E-state index < -0.39 is 18.4 Å². The molecule has 1 aromatic carbocycles. The maximum atomic E-state index is 9.03. The van der Waals surface area contributed by atoms with Crippen LogP contribution in [0.15, 0.2) is 36.8 Å². The number of nitriles is 1. The molecule has 3 nitrogen and oxygen atoms in total. The van der Waals surface area contributed by atoms with E-state index in [4.69, 9.17) is 5.26 Å². The van der Waals surface area contributed by atoms with Crippen molar-refractivity contribution in [1.29, 1.82) is 5.26 Å². The summed E-state index contributed by atoms with van der Waals surface area (Å²) in [7, 11) is 0. The molecule has 0 spiro atoms. The number of unbranched alkanes of at least 4 members (excludes halogenated alkanes) is 3. The molecule has 0 atom stereocenters. The minimum atomic E-state index is -2.47. The average Bonchev–Trinajstić information content (AvgIpc) is 3.17. The number of rotatable bonds is 12. The third kappa shape index (κ3) is 6.10. The molecular formula is C23H35N3Sn. The van der Waals surface area contributed by atoms with E-state index in [0.717, 1.165) is 12.1 Å². The van der Waals surface area contributed by atoms with Gasteiger partial charge in [-0.2, -0.15) is 0 Å². The molecule has 0 aliphatic carbocycles. The second kappa shape index (κ2) is 11.5. The predicted octanol–water partition coefficient (Wildman–Crippen LogP) is 5.86. The summed E-state index contributed by atoms with van der Waals surface area (Å²) < 4.78 is 8.45. The van der Waals surface area contributed by atoms with Crippen LogP contribution in [0.2, 0.25) is 13.3 Å². The van der Waals surface area contributed by atoms with Crippen molar-refractivity contribution in [1.82, 2.24) is 9.55 Å². The fourth-order valence-electron chi connectivity index (χ4n) is 4.07. The molecule has 1 heterocycles. The number of aromatic nitrogens is 2. The van der Waals surface area contributed by atoms with Crippen molar-refractivity contribution in [2.75, 3.05) is 0 Å². The summed E-state index contributed by atoms with van der Waals surface area (Å²) in [5.41, 5.74) is 1.99. The molecule has 0 aliphatic rings. The molecule has 0 aliphatic heterocycles. The topological polar surface area (TPSA) is 41.6 Å². The Bertz CT molecular complexity index is 690. The molecule has 0 radical (unpaired) electrons. The van der Waals surface area contributed by atoms with Gasteiger partial charge in [-0.3, -0.25) is 0 Å². The number of imidazole rings is 1. The molecular weight excluding hydrogens is 437 g/mol. The van der Waals surface area contributed by atoms with E-state index in [1.165, 1.54) is 57.4 Å². The van der Waals surface area contributed by atoms with E-state index >= 15 is 0 Å². The Kier molecular flexibility index (Phi) is 9.41. The second-order valence-electron chi connectivity index (χ2n) is 7.81. The molecule has 0 bridgehead atoms. The SMILES string of the molecule is CCC[CH2][Sn]([CH2]CCC)([CH2]CCC)[c]1cncn1Cc1ccc(C#N)cc1. The third-order valence-electron chi connectivity index (χ3n) is 5.72. The molecule has 0 amide bonds. The van der Waals surface area contributed by atoms with Gasteiger partial charge in [-0.1, -0.05) is 0 Å². The summed E-state index contributed by atoms with van der Waals surface area (Å²) in [5, 5.41) is 9.03. The average molecular weight is 472 g/mol. The maximum absolute atomic E-state index is 9.03. The van der Waals surface area contributed by atoms with E-state index in [-0.39, 0.29) is 0 Å². The minimum absolute atomic E-state index is 0.729. The Hall–Kier alpha value is -1.28. The van der Waals surface area contributed by atoms with Crippen molar-refractivity contribution in [2.24, 2.45) is 0 Å². The standard InChI is InChI=1S/C11H8N3.3C4H9.Sn/c12-7-10-1-3-11(4-2-10)8-14-6-5-13-9-14;3*1-3-4-2;/h1-5,9H,8H2;3*1,3-4H2,2H3;. The van der Waals surface area contributed by atoms with Gasteiger partial charge in [0.05, 0.1) is 0 Å². The van der Waals surface area contributed by atoms with E-state index in [9.17, 15) is 0 Å². The van der Waals surface area contributed by atoms with Crippen LogP contribution in [0.25, 0.3) is 0 Å². The summed E-state index contributed by atoms with van der Waals surface area (Å²) in [6, 6.07) is 10.2. The molecule has 2 aromatic rings. The van der Waals surface area contributed by atoms with Gasteiger partial charge in [0.1, 0.15) is 0 Å². The van der Waals surface area contributed by atoms with E-state index in [1.807, 2.05) is 18.5 Å². The van der Waals surface area contributed by atoms with E-state index in [1.54, 1.807) is 3.71 Å². The molecule has 27 heavy (non-hydrogen) atoms. The summed E-state index contributed by atoms with van der Waals surface area (Å²) in [6.45, 7) is 7.85. The van der Waals surface area contributed by atoms with Gasteiger partial charge >= 0.3 is 170 Å². The molecule has 1 aromatic heterocycles. The molecule has 2 rings (SSSR count). The first-order chi connectivity index (χ1) is 13.2. The summed E-state index contributed by atoms with van der Waals surface area (Å²) >= 11 is -2.47. The number of nitrogens with zero attached hydrogens (tertiary/aromatic N) is 3. The van der Waals surface area contributed by atoms with Crippen LogP contribution < -0.4 is 3.71 Å². The summed E-state index contributed by atoms with van der Waals surface area (Å²) in [4.78, 5) is 4.61. The Morgan fingerprint density at radius 2 is 1.48 bits per heavy atom. The first-order valence-corrected chi connectivity index (χ1v) is 18.2. The van der Waals surface area contributed by atoms with Crippen molar-refractivity contribution in [3.05, 3.63) is 47.9 Å². The van der Waals surface area contributed by atoms with Crippen LogP contribution in [0.3, 0.4) is 0 Å². The van der Waals surface area contributed by atoms with Gasteiger partial charge in [-0.25, -0.2) is 0 Å². The van der Waals surface area contributed by atoms with Crippen LogP contribution in [0.4, 0.5) is 0 Å². The first kappa shape index (κ1) is 22.0. The van der Waals surface area contributed by atoms with Gasteiger partial charge in [-0.15, -0.1) is 0 Å². The predicted molar refractivity (Wildman–Crippen MR) is 117 cm³/mol. The van der Waals surface area contributed by atoms with Crippen LogP contribution >= 0.6 is 0 Å². The van der Waals surface area contributed by atoms with Crippen molar-refractivity contribution in [3.63, 3.8) is 0 Å². The zero-order valence-corrected chi connectivity index (χ0v) is 20.2. The Labute approximate surface area is 169 Å². The Balaban J connectivity index is 2.33. The van der Waals surface area contributed by atoms with Crippen molar-refractivity contribution in [3.8, 4) is 6.07 Å². The molecule has 146 valence electrons. The Morgan fingerprint density at radius 1 is 0.926 bits per heavy atom. The second-order valence-corrected chi connectivity index (χ2v) is 20.9. The van der Waals surface area contributed by atoms with Gasteiger partial charge in [-0.05, 0) is 0 Å². The van der Waals surface area contributed by atoms with E-state index in [0.29, 0.717) is 0 Å². The fraction of sp³-hybridized carbons (Fsp3) is 0.565. The van der Waals surface area contributed by atoms with Gasteiger partial charge in [0.2, 0.25) is 0 Å². The van der Waals surface area contributed by atoms with Crippen molar-refractivity contribution >= 4 is 22.1 Å². The van der Waals surface area contributed by atoms with Crippen molar-refractivity contribution in [2.45, 2.75) is 79.2 Å². The molecule has 0 fully saturated rings. The first-order valence-electron chi connectivity index (χ1n) is 10.7. The molecule has 0 unspecified atom stereocenters. The molecule has 0 saturated heterocycles. The molecule has 4 heteroatoms. The van der Waals surface area contributed by atoms with E-state index in [2.05, 4.69) is 54.7 Å². The van der Waals surface area contributed by atoms with Gasteiger partial charge in [0.25, 0.3) is 0 Å². The zero-order valence-electron chi connectivity index (χ0n) is 17.4. The molecule has 0 N–H and O–H groups in total. The summed E-state index contributed by atoms with van der Waals surface area (Å²) in [6.07, 6.45) is 12.2. The van der Waals surface area contributed by atoms with Crippen LogP contribution in [0.5, 0.6) is 0 Å². The number of benzene rings is 1. The normalized spacial score (nSPS) is 11.5.